The number of hydrogen-bond donors (Lipinski definition) is 0. The van der Waals surface area contributed by atoms with Crippen LogP contribution in [0.2, 0.25) is 0 Å². The number of nitrogens with zero attached hydrogens (tertiary/aromatic N) is 2. The summed E-state index contributed by atoms with van der Waals surface area (Å²) >= 11 is 5.94. The van der Waals surface area contributed by atoms with Gasteiger partial charge in [0.2, 0.25) is 0 Å². The highest BCUT2D eigenvalue weighted by molar-refractivity contribution is 6.17. The third kappa shape index (κ3) is 2.81. The molecule has 0 N–H and O–H groups in total. The summed E-state index contributed by atoms with van der Waals surface area (Å²) in [5, 5.41) is 0. The van der Waals surface area contributed by atoms with E-state index in [-0.39, 0.29) is 0 Å². The molecule has 1 heterocycles. The molecule has 0 aliphatic carbocycles. The summed E-state index contributed by atoms with van der Waals surface area (Å²) in [7, 11) is 0. The van der Waals surface area contributed by atoms with Crippen molar-refractivity contribution in [3.05, 3.63) is 65.5 Å². The number of fused-ring (bicyclic) bond motifs is 1. The van der Waals surface area contributed by atoms with Crippen molar-refractivity contribution in [1.82, 2.24) is 9.55 Å². The first-order chi connectivity index (χ1) is 10.3. The van der Waals surface area contributed by atoms with E-state index in [1.165, 1.54) is 16.6 Å². The van der Waals surface area contributed by atoms with E-state index in [1.807, 2.05) is 6.07 Å². The smallest absolute Gasteiger partial charge is 0.111 e. The van der Waals surface area contributed by atoms with Crippen LogP contribution in [0.1, 0.15) is 23.9 Å². The Bertz CT molecular complexity index is 746. The largest absolute Gasteiger partial charge is 0.323 e. The second kappa shape index (κ2) is 6.31. The van der Waals surface area contributed by atoms with Crippen LogP contribution in [-0.2, 0) is 19.4 Å². The maximum Gasteiger partial charge on any atom is 0.111 e. The molecule has 0 spiro atoms. The van der Waals surface area contributed by atoms with Gasteiger partial charge >= 0.3 is 0 Å². The first-order valence-electron chi connectivity index (χ1n) is 7.40. The number of para-hydroxylation sites is 2. The number of aryl methyl sites for hydroxylation is 2. The molecule has 2 nitrogen and oxygen atoms in total. The summed E-state index contributed by atoms with van der Waals surface area (Å²) in [4.78, 5) is 4.73. The SMILES string of the molecule is CCc1ccccc1Cn1c(CCCl)nc2ccccc21. The van der Waals surface area contributed by atoms with E-state index in [0.717, 1.165) is 30.7 Å². The van der Waals surface area contributed by atoms with Gasteiger partial charge in [-0.3, -0.25) is 0 Å². The van der Waals surface area contributed by atoms with Crippen LogP contribution in [0.4, 0.5) is 0 Å². The van der Waals surface area contributed by atoms with Gasteiger partial charge in [-0.25, -0.2) is 4.98 Å². The van der Waals surface area contributed by atoms with E-state index in [4.69, 9.17) is 16.6 Å². The van der Waals surface area contributed by atoms with E-state index in [0.29, 0.717) is 5.88 Å². The van der Waals surface area contributed by atoms with Crippen LogP contribution in [0.15, 0.2) is 48.5 Å². The normalized spacial score (nSPS) is 11.1. The molecule has 108 valence electrons. The Labute approximate surface area is 130 Å². The van der Waals surface area contributed by atoms with Crippen molar-refractivity contribution < 1.29 is 0 Å². The molecule has 3 aromatic rings. The lowest BCUT2D eigenvalue weighted by molar-refractivity contribution is 0.748. The molecule has 0 saturated carbocycles. The number of rotatable bonds is 5. The lowest BCUT2D eigenvalue weighted by atomic mass is 10.1. The van der Waals surface area contributed by atoms with Crippen LogP contribution < -0.4 is 0 Å². The summed E-state index contributed by atoms with van der Waals surface area (Å²) in [6.45, 7) is 3.06. The highest BCUT2D eigenvalue weighted by Crippen LogP contribution is 2.20. The fourth-order valence-electron chi connectivity index (χ4n) is 2.80. The van der Waals surface area contributed by atoms with Gasteiger partial charge in [0.05, 0.1) is 11.0 Å². The first-order valence-corrected chi connectivity index (χ1v) is 7.93. The van der Waals surface area contributed by atoms with Gasteiger partial charge in [-0.05, 0) is 29.7 Å². The molecule has 0 radical (unpaired) electrons. The minimum atomic E-state index is 0.596. The van der Waals surface area contributed by atoms with Gasteiger partial charge in [0.15, 0.2) is 0 Å². The van der Waals surface area contributed by atoms with Gasteiger partial charge in [-0.2, -0.15) is 0 Å². The topological polar surface area (TPSA) is 17.8 Å². The highest BCUT2D eigenvalue weighted by Gasteiger charge is 2.11. The molecule has 0 atom stereocenters. The van der Waals surface area contributed by atoms with Gasteiger partial charge in [0.25, 0.3) is 0 Å². The van der Waals surface area contributed by atoms with E-state index >= 15 is 0 Å². The standard InChI is InChI=1S/C18H19ClN2/c1-2-14-7-3-4-8-15(14)13-21-17-10-6-5-9-16(17)20-18(21)11-12-19/h3-10H,2,11-13H2,1H3. The van der Waals surface area contributed by atoms with Crippen LogP contribution >= 0.6 is 11.6 Å². The number of aromatic nitrogens is 2. The van der Waals surface area contributed by atoms with Crippen LogP contribution in [0.5, 0.6) is 0 Å². The third-order valence-corrected chi connectivity index (χ3v) is 4.07. The molecule has 0 bridgehead atoms. The molecule has 1 aromatic heterocycles. The molecular weight excluding hydrogens is 280 g/mol. The number of benzene rings is 2. The minimum absolute atomic E-state index is 0.596. The molecule has 3 heteroatoms. The van der Waals surface area contributed by atoms with Crippen LogP contribution in [0.3, 0.4) is 0 Å². The average molecular weight is 299 g/mol. The second-order valence-corrected chi connectivity index (χ2v) is 5.54. The molecule has 0 fully saturated rings. The molecule has 0 amide bonds. The first kappa shape index (κ1) is 14.2. The lowest BCUT2D eigenvalue weighted by Crippen LogP contribution is -2.07. The van der Waals surface area contributed by atoms with Gasteiger partial charge in [0.1, 0.15) is 5.82 Å². The summed E-state index contributed by atoms with van der Waals surface area (Å²) in [5.74, 6) is 1.66. The molecule has 0 aliphatic rings. The zero-order valence-electron chi connectivity index (χ0n) is 12.2. The Morgan fingerprint density at radius 2 is 1.71 bits per heavy atom. The third-order valence-electron chi connectivity index (χ3n) is 3.88. The molecule has 3 rings (SSSR count). The molecule has 2 aromatic carbocycles. The lowest BCUT2D eigenvalue weighted by Gasteiger charge is -2.12. The predicted octanol–water partition coefficient (Wildman–Crippen LogP) is 4.43. The molecule has 0 unspecified atom stereocenters. The zero-order chi connectivity index (χ0) is 14.7. The summed E-state index contributed by atoms with van der Waals surface area (Å²) < 4.78 is 2.30. The second-order valence-electron chi connectivity index (χ2n) is 5.16. The van der Waals surface area contributed by atoms with Crippen molar-refractivity contribution in [1.29, 1.82) is 0 Å². The van der Waals surface area contributed by atoms with Gasteiger partial charge < -0.3 is 4.57 Å². The Balaban J connectivity index is 2.08. The van der Waals surface area contributed by atoms with Crippen molar-refractivity contribution in [2.75, 3.05) is 5.88 Å². The van der Waals surface area contributed by atoms with E-state index < -0.39 is 0 Å². The molecule has 0 saturated heterocycles. The van der Waals surface area contributed by atoms with Crippen LogP contribution in [0.25, 0.3) is 11.0 Å². The van der Waals surface area contributed by atoms with Crippen molar-refractivity contribution in [2.45, 2.75) is 26.3 Å². The fraction of sp³-hybridized carbons (Fsp3) is 0.278. The molecule has 0 aliphatic heterocycles. The highest BCUT2D eigenvalue weighted by atomic mass is 35.5. The predicted molar refractivity (Wildman–Crippen MR) is 89.1 cm³/mol. The zero-order valence-corrected chi connectivity index (χ0v) is 13.0. The summed E-state index contributed by atoms with van der Waals surface area (Å²) in [6.07, 6.45) is 1.85. The fourth-order valence-corrected chi connectivity index (χ4v) is 2.97. The van der Waals surface area contributed by atoms with Gasteiger partial charge in [-0.15, -0.1) is 11.6 Å². The Morgan fingerprint density at radius 1 is 1.00 bits per heavy atom. The molecular formula is C18H19ClN2. The van der Waals surface area contributed by atoms with E-state index in [9.17, 15) is 0 Å². The summed E-state index contributed by atoms with van der Waals surface area (Å²) in [6, 6.07) is 16.9. The quantitative estimate of drug-likeness (QED) is 0.637. The Kier molecular flexibility index (Phi) is 4.26. The number of hydrogen-bond acceptors (Lipinski definition) is 1. The minimum Gasteiger partial charge on any atom is -0.323 e. The van der Waals surface area contributed by atoms with E-state index in [2.05, 4.69) is 54.0 Å². The van der Waals surface area contributed by atoms with Gasteiger partial charge in [-0.1, -0.05) is 43.3 Å². The molecule has 21 heavy (non-hydrogen) atoms. The number of imidazole rings is 1. The number of halogens is 1. The van der Waals surface area contributed by atoms with Crippen molar-refractivity contribution in [3.63, 3.8) is 0 Å². The average Bonchev–Trinajstić information content (AvgIpc) is 2.86. The maximum atomic E-state index is 5.94. The maximum absolute atomic E-state index is 5.94. The van der Waals surface area contributed by atoms with Crippen LogP contribution in [0, 0.1) is 0 Å². The monoisotopic (exact) mass is 298 g/mol. The summed E-state index contributed by atoms with van der Waals surface area (Å²) in [5.41, 5.74) is 4.99. The van der Waals surface area contributed by atoms with Crippen molar-refractivity contribution >= 4 is 22.6 Å². The van der Waals surface area contributed by atoms with Crippen LogP contribution in [-0.4, -0.2) is 15.4 Å². The van der Waals surface area contributed by atoms with Crippen molar-refractivity contribution in [2.24, 2.45) is 0 Å². The van der Waals surface area contributed by atoms with E-state index in [1.54, 1.807) is 0 Å². The Morgan fingerprint density at radius 3 is 2.48 bits per heavy atom. The Hall–Kier alpha value is -1.80. The number of alkyl halides is 1. The van der Waals surface area contributed by atoms with Gasteiger partial charge in [0, 0.05) is 18.8 Å². The van der Waals surface area contributed by atoms with Crippen molar-refractivity contribution in [3.8, 4) is 0 Å².